The van der Waals surface area contributed by atoms with Crippen molar-refractivity contribution in [2.75, 3.05) is 7.11 Å². The summed E-state index contributed by atoms with van der Waals surface area (Å²) < 4.78 is 7.43. The fraction of sp³-hybridized carbons (Fsp3) is 0.238. The van der Waals surface area contributed by atoms with Crippen molar-refractivity contribution in [2.24, 2.45) is 0 Å². The summed E-state index contributed by atoms with van der Waals surface area (Å²) in [6.07, 6.45) is 0. The lowest BCUT2D eigenvalue weighted by molar-refractivity contribution is 0.415. The Bertz CT molecular complexity index is 1500. The van der Waals surface area contributed by atoms with Gasteiger partial charge < -0.3 is 9.72 Å². The Morgan fingerprint density at radius 1 is 1.20 bits per heavy atom. The van der Waals surface area contributed by atoms with E-state index < -0.39 is 0 Å². The molecule has 30 heavy (non-hydrogen) atoms. The van der Waals surface area contributed by atoms with Gasteiger partial charge in [-0.1, -0.05) is 11.8 Å². The number of hydrogen-bond acceptors (Lipinski definition) is 7. The Labute approximate surface area is 180 Å². The van der Waals surface area contributed by atoms with Crippen LogP contribution in [0.25, 0.3) is 26.8 Å². The molecule has 152 valence electrons. The van der Waals surface area contributed by atoms with E-state index in [9.17, 15) is 4.79 Å². The third-order valence-electron chi connectivity index (χ3n) is 5.30. The zero-order valence-electron chi connectivity index (χ0n) is 16.9. The molecule has 0 saturated heterocycles. The van der Waals surface area contributed by atoms with Crippen LogP contribution in [0.15, 0.2) is 34.2 Å². The molecular formula is C21H19N5O2S2. The third kappa shape index (κ3) is 2.96. The van der Waals surface area contributed by atoms with Gasteiger partial charge in [-0.15, -0.1) is 21.5 Å². The number of aromatic amines is 1. The fourth-order valence-corrected chi connectivity index (χ4v) is 5.49. The van der Waals surface area contributed by atoms with Crippen molar-refractivity contribution >= 4 is 49.9 Å². The zero-order valence-corrected chi connectivity index (χ0v) is 18.6. The standard InChI is InChI=1S/C21H19N5O2S2/c1-10-7-17-24-25-21(26(17)15-8-13(28-4)5-6-14(10)15)29-9-16-22-19(27)18-11(2)12(3)30-20(18)23-16/h5-8H,9H2,1-4H3,(H,22,23,27). The fourth-order valence-electron chi connectivity index (χ4n) is 3.62. The van der Waals surface area contributed by atoms with E-state index in [4.69, 9.17) is 4.74 Å². The first-order valence-corrected chi connectivity index (χ1v) is 11.2. The third-order valence-corrected chi connectivity index (χ3v) is 7.34. The molecule has 0 unspecified atom stereocenters. The Hall–Kier alpha value is -2.91. The van der Waals surface area contributed by atoms with Crippen molar-refractivity contribution in [1.82, 2.24) is 24.6 Å². The Morgan fingerprint density at radius 3 is 2.83 bits per heavy atom. The number of fused-ring (bicyclic) bond motifs is 4. The van der Waals surface area contributed by atoms with Gasteiger partial charge in [0.2, 0.25) is 0 Å². The molecule has 0 amide bonds. The molecule has 5 rings (SSSR count). The van der Waals surface area contributed by atoms with Gasteiger partial charge in [-0.25, -0.2) is 4.98 Å². The van der Waals surface area contributed by atoms with Gasteiger partial charge in [0.05, 0.1) is 23.8 Å². The minimum atomic E-state index is -0.0886. The van der Waals surface area contributed by atoms with E-state index in [2.05, 4.69) is 27.1 Å². The average Bonchev–Trinajstić information content (AvgIpc) is 3.26. The number of thioether (sulfide) groups is 1. The molecule has 0 atom stereocenters. The molecule has 9 heteroatoms. The van der Waals surface area contributed by atoms with Crippen molar-refractivity contribution in [3.8, 4) is 5.75 Å². The van der Waals surface area contributed by atoms with Crippen molar-refractivity contribution in [1.29, 1.82) is 0 Å². The molecule has 0 aliphatic heterocycles. The van der Waals surface area contributed by atoms with E-state index in [1.54, 1.807) is 18.4 Å². The maximum Gasteiger partial charge on any atom is 0.259 e. The zero-order chi connectivity index (χ0) is 21.0. The van der Waals surface area contributed by atoms with Crippen LogP contribution >= 0.6 is 23.1 Å². The lowest BCUT2D eigenvalue weighted by atomic mass is 10.1. The monoisotopic (exact) mass is 437 g/mol. The van der Waals surface area contributed by atoms with E-state index in [1.165, 1.54) is 11.8 Å². The van der Waals surface area contributed by atoms with E-state index in [0.29, 0.717) is 17.0 Å². The van der Waals surface area contributed by atoms with E-state index in [1.807, 2.05) is 42.5 Å². The van der Waals surface area contributed by atoms with Gasteiger partial charge in [-0.05, 0) is 50.1 Å². The SMILES string of the molecule is COc1ccc2c(C)cc3nnc(SCc4nc5sc(C)c(C)c5c(=O)[nH]4)n3c2c1. The van der Waals surface area contributed by atoms with Gasteiger partial charge in [0.1, 0.15) is 16.4 Å². The predicted molar refractivity (Wildman–Crippen MR) is 121 cm³/mol. The van der Waals surface area contributed by atoms with Gasteiger partial charge in [0.25, 0.3) is 5.56 Å². The number of nitrogens with one attached hydrogen (secondary N) is 1. The second-order valence-corrected chi connectivity index (χ2v) is 9.30. The van der Waals surface area contributed by atoms with Crippen molar-refractivity contribution < 1.29 is 4.74 Å². The van der Waals surface area contributed by atoms with Gasteiger partial charge in [-0.2, -0.15) is 0 Å². The number of thiophene rings is 1. The van der Waals surface area contributed by atoms with E-state index in [-0.39, 0.29) is 5.56 Å². The number of methoxy groups -OCH3 is 1. The molecule has 0 bridgehead atoms. The Balaban J connectivity index is 1.57. The highest BCUT2D eigenvalue weighted by atomic mass is 32.2. The number of rotatable bonds is 4. The first-order chi connectivity index (χ1) is 14.5. The molecule has 5 aromatic rings. The van der Waals surface area contributed by atoms with Crippen LogP contribution < -0.4 is 10.3 Å². The van der Waals surface area contributed by atoms with E-state index >= 15 is 0 Å². The van der Waals surface area contributed by atoms with Crippen molar-refractivity contribution in [3.63, 3.8) is 0 Å². The van der Waals surface area contributed by atoms with Crippen LogP contribution in [-0.4, -0.2) is 31.7 Å². The van der Waals surface area contributed by atoms with Gasteiger partial charge in [-0.3, -0.25) is 9.20 Å². The number of nitrogens with zero attached hydrogens (tertiary/aromatic N) is 4. The largest absolute Gasteiger partial charge is 0.497 e. The highest BCUT2D eigenvalue weighted by Crippen LogP contribution is 2.30. The van der Waals surface area contributed by atoms with Crippen molar-refractivity contribution in [2.45, 2.75) is 31.7 Å². The summed E-state index contributed by atoms with van der Waals surface area (Å²) in [5, 5.41) is 11.3. The quantitative estimate of drug-likeness (QED) is 0.419. The second kappa shape index (κ2) is 7.10. The summed E-state index contributed by atoms with van der Waals surface area (Å²) in [7, 11) is 1.65. The molecule has 0 fully saturated rings. The number of aryl methyl sites for hydroxylation is 3. The van der Waals surface area contributed by atoms with Crippen LogP contribution in [-0.2, 0) is 5.75 Å². The summed E-state index contributed by atoms with van der Waals surface area (Å²) in [4.78, 5) is 22.0. The predicted octanol–water partition coefficient (Wildman–Crippen LogP) is 4.41. The molecule has 1 aromatic carbocycles. The van der Waals surface area contributed by atoms with Crippen LogP contribution in [0.2, 0.25) is 0 Å². The number of pyridine rings is 1. The summed E-state index contributed by atoms with van der Waals surface area (Å²) >= 11 is 3.05. The topological polar surface area (TPSA) is 85.2 Å². The average molecular weight is 438 g/mol. The maximum absolute atomic E-state index is 12.5. The molecule has 0 spiro atoms. The maximum atomic E-state index is 12.5. The minimum Gasteiger partial charge on any atom is -0.497 e. The minimum absolute atomic E-state index is 0.0886. The molecule has 7 nitrogen and oxygen atoms in total. The van der Waals surface area contributed by atoms with Crippen molar-refractivity contribution in [3.05, 3.63) is 56.4 Å². The lowest BCUT2D eigenvalue weighted by Gasteiger charge is -2.09. The number of H-pyrrole nitrogens is 1. The van der Waals surface area contributed by atoms with Crippen LogP contribution in [0.1, 0.15) is 21.8 Å². The molecule has 0 saturated carbocycles. The molecule has 0 aliphatic carbocycles. The molecule has 0 radical (unpaired) electrons. The van der Waals surface area contributed by atoms with Gasteiger partial charge >= 0.3 is 0 Å². The van der Waals surface area contributed by atoms with E-state index in [0.717, 1.165) is 48.3 Å². The van der Waals surface area contributed by atoms with Crippen LogP contribution in [0, 0.1) is 20.8 Å². The van der Waals surface area contributed by atoms with Crippen LogP contribution in [0.5, 0.6) is 5.75 Å². The molecule has 0 aliphatic rings. The summed E-state index contributed by atoms with van der Waals surface area (Å²) in [5.74, 6) is 1.89. The first-order valence-electron chi connectivity index (χ1n) is 9.40. The normalized spacial score (nSPS) is 11.7. The summed E-state index contributed by atoms with van der Waals surface area (Å²) in [5.41, 5.74) is 3.80. The molecule has 4 aromatic heterocycles. The second-order valence-electron chi connectivity index (χ2n) is 7.15. The number of benzene rings is 1. The number of hydrogen-bond donors (Lipinski definition) is 1. The summed E-state index contributed by atoms with van der Waals surface area (Å²) in [6, 6.07) is 8.01. The van der Waals surface area contributed by atoms with Crippen LogP contribution in [0.4, 0.5) is 0 Å². The van der Waals surface area contributed by atoms with Crippen LogP contribution in [0.3, 0.4) is 0 Å². The van der Waals surface area contributed by atoms with Gasteiger partial charge in [0.15, 0.2) is 10.8 Å². The molecule has 4 heterocycles. The Morgan fingerprint density at radius 2 is 2.03 bits per heavy atom. The molecular weight excluding hydrogens is 418 g/mol. The first kappa shape index (κ1) is 19.1. The highest BCUT2D eigenvalue weighted by Gasteiger charge is 2.15. The van der Waals surface area contributed by atoms with Gasteiger partial charge in [0, 0.05) is 16.3 Å². The molecule has 1 N–H and O–H groups in total. The highest BCUT2D eigenvalue weighted by molar-refractivity contribution is 7.98. The Kier molecular flexibility index (Phi) is 4.52. The summed E-state index contributed by atoms with van der Waals surface area (Å²) in [6.45, 7) is 6.04. The number of ether oxygens (including phenoxy) is 1. The smallest absolute Gasteiger partial charge is 0.259 e. The lowest BCUT2D eigenvalue weighted by Crippen LogP contribution is -2.11. The number of aromatic nitrogens is 5.